The summed E-state index contributed by atoms with van der Waals surface area (Å²) in [5, 5.41) is 0. The Bertz CT molecular complexity index is 310. The Balaban J connectivity index is 5.19. The zero-order chi connectivity index (χ0) is 12.2. The van der Waals surface area contributed by atoms with Gasteiger partial charge in [0.1, 0.15) is 0 Å². The SMILES string of the molecule is CCOC(=O)C(C(C)=C(C)C)P(=O)(O)O. The van der Waals surface area contributed by atoms with Crippen LogP contribution >= 0.6 is 7.60 Å². The van der Waals surface area contributed by atoms with Gasteiger partial charge < -0.3 is 14.5 Å². The van der Waals surface area contributed by atoms with Crippen LogP contribution in [-0.2, 0) is 14.1 Å². The lowest BCUT2D eigenvalue weighted by Crippen LogP contribution is -2.25. The third kappa shape index (κ3) is 4.16. The van der Waals surface area contributed by atoms with Crippen LogP contribution in [0.3, 0.4) is 0 Å². The molecule has 0 heterocycles. The fourth-order valence-electron chi connectivity index (χ4n) is 1.06. The first-order chi connectivity index (χ1) is 6.71. The Morgan fingerprint density at radius 3 is 2.07 bits per heavy atom. The molecular weight excluding hydrogens is 219 g/mol. The second-order valence-electron chi connectivity index (χ2n) is 3.43. The quantitative estimate of drug-likeness (QED) is 0.438. The minimum atomic E-state index is -4.50. The fourth-order valence-corrected chi connectivity index (χ4v) is 2.17. The summed E-state index contributed by atoms with van der Waals surface area (Å²) in [6, 6.07) is 0. The van der Waals surface area contributed by atoms with E-state index in [9.17, 15) is 9.36 Å². The molecule has 0 saturated carbocycles. The largest absolute Gasteiger partial charge is 0.465 e. The van der Waals surface area contributed by atoms with E-state index >= 15 is 0 Å². The molecule has 0 aromatic rings. The average molecular weight is 236 g/mol. The van der Waals surface area contributed by atoms with Crippen LogP contribution in [0.2, 0.25) is 0 Å². The average Bonchev–Trinajstić information content (AvgIpc) is 2.01. The molecule has 15 heavy (non-hydrogen) atoms. The van der Waals surface area contributed by atoms with Crippen molar-refractivity contribution in [3.63, 3.8) is 0 Å². The molecule has 0 saturated heterocycles. The van der Waals surface area contributed by atoms with E-state index in [1.54, 1.807) is 20.8 Å². The van der Waals surface area contributed by atoms with Gasteiger partial charge in [-0.3, -0.25) is 9.36 Å². The summed E-state index contributed by atoms with van der Waals surface area (Å²) in [6.45, 7) is 6.60. The topological polar surface area (TPSA) is 83.8 Å². The highest BCUT2D eigenvalue weighted by atomic mass is 31.2. The molecule has 0 amide bonds. The summed E-state index contributed by atoms with van der Waals surface area (Å²) in [7, 11) is -4.50. The zero-order valence-electron chi connectivity index (χ0n) is 9.35. The molecule has 0 aliphatic carbocycles. The molecule has 0 spiro atoms. The molecule has 0 aromatic carbocycles. The Kier molecular flexibility index (Phi) is 5.21. The molecule has 0 rings (SSSR count). The van der Waals surface area contributed by atoms with Gasteiger partial charge in [0.15, 0.2) is 5.66 Å². The van der Waals surface area contributed by atoms with E-state index < -0.39 is 19.2 Å². The van der Waals surface area contributed by atoms with Gasteiger partial charge in [0.2, 0.25) is 0 Å². The van der Waals surface area contributed by atoms with E-state index in [0.29, 0.717) is 11.1 Å². The molecule has 1 unspecified atom stereocenters. The number of rotatable bonds is 4. The first kappa shape index (κ1) is 14.4. The van der Waals surface area contributed by atoms with Crippen LogP contribution in [0.15, 0.2) is 11.1 Å². The highest BCUT2D eigenvalue weighted by Crippen LogP contribution is 2.46. The number of ether oxygens (including phenoxy) is 1. The third-order valence-electron chi connectivity index (χ3n) is 2.05. The summed E-state index contributed by atoms with van der Waals surface area (Å²) in [5.74, 6) is -0.871. The highest BCUT2D eigenvalue weighted by Gasteiger charge is 2.38. The third-order valence-corrected chi connectivity index (χ3v) is 3.32. The molecule has 88 valence electrons. The number of carbonyl (C=O) groups is 1. The van der Waals surface area contributed by atoms with Gasteiger partial charge in [-0.05, 0) is 33.3 Å². The van der Waals surface area contributed by atoms with Crippen molar-refractivity contribution in [3.05, 3.63) is 11.1 Å². The molecule has 6 heteroatoms. The fraction of sp³-hybridized carbons (Fsp3) is 0.667. The van der Waals surface area contributed by atoms with Crippen molar-refractivity contribution in [1.29, 1.82) is 0 Å². The van der Waals surface area contributed by atoms with Crippen molar-refractivity contribution in [1.82, 2.24) is 0 Å². The number of allylic oxidation sites excluding steroid dienone is 1. The smallest absolute Gasteiger partial charge is 0.343 e. The second-order valence-corrected chi connectivity index (χ2v) is 5.12. The lowest BCUT2D eigenvalue weighted by atomic mass is 10.1. The molecule has 0 fully saturated rings. The van der Waals surface area contributed by atoms with Gasteiger partial charge >= 0.3 is 13.6 Å². The van der Waals surface area contributed by atoms with Crippen molar-refractivity contribution in [2.75, 3.05) is 6.61 Å². The molecule has 1 atom stereocenters. The van der Waals surface area contributed by atoms with Crippen molar-refractivity contribution >= 4 is 13.6 Å². The maximum Gasteiger partial charge on any atom is 0.343 e. The summed E-state index contributed by atoms with van der Waals surface area (Å²) < 4.78 is 15.8. The summed E-state index contributed by atoms with van der Waals surface area (Å²) in [4.78, 5) is 29.5. The van der Waals surface area contributed by atoms with Gasteiger partial charge in [0.25, 0.3) is 0 Å². The molecule has 2 N–H and O–H groups in total. The molecule has 0 radical (unpaired) electrons. The zero-order valence-corrected chi connectivity index (χ0v) is 10.2. The number of hydrogen-bond donors (Lipinski definition) is 2. The second kappa shape index (κ2) is 5.45. The van der Waals surface area contributed by atoms with E-state index in [4.69, 9.17) is 9.79 Å². The van der Waals surface area contributed by atoms with Crippen LogP contribution < -0.4 is 0 Å². The van der Waals surface area contributed by atoms with Gasteiger partial charge in [-0.1, -0.05) is 5.57 Å². The Hall–Kier alpha value is -0.640. The van der Waals surface area contributed by atoms with Crippen LogP contribution in [0.25, 0.3) is 0 Å². The van der Waals surface area contributed by atoms with Gasteiger partial charge in [-0.15, -0.1) is 0 Å². The van der Waals surface area contributed by atoms with Crippen molar-refractivity contribution in [3.8, 4) is 0 Å². The number of esters is 1. The lowest BCUT2D eigenvalue weighted by Gasteiger charge is -2.18. The predicted molar refractivity (Wildman–Crippen MR) is 56.5 cm³/mol. The standard InChI is InChI=1S/C9H17O5P/c1-5-14-9(10)8(15(11,12)13)7(4)6(2)3/h8H,5H2,1-4H3,(H2,11,12,13). The van der Waals surface area contributed by atoms with Crippen LogP contribution in [0.5, 0.6) is 0 Å². The Labute approximate surface area is 89.3 Å². The van der Waals surface area contributed by atoms with Crippen LogP contribution in [0, 0.1) is 0 Å². The van der Waals surface area contributed by atoms with Crippen molar-refractivity contribution < 1.29 is 23.9 Å². The molecule has 0 bridgehead atoms. The first-order valence-electron chi connectivity index (χ1n) is 4.57. The van der Waals surface area contributed by atoms with Gasteiger partial charge in [0.05, 0.1) is 6.61 Å². The van der Waals surface area contributed by atoms with Gasteiger partial charge in [0, 0.05) is 0 Å². The summed E-state index contributed by atoms with van der Waals surface area (Å²) in [6.07, 6.45) is 0. The van der Waals surface area contributed by atoms with E-state index in [0.717, 1.165) is 0 Å². The molecule has 0 aliphatic rings. The van der Waals surface area contributed by atoms with Crippen LogP contribution in [0.4, 0.5) is 0 Å². The lowest BCUT2D eigenvalue weighted by molar-refractivity contribution is -0.142. The van der Waals surface area contributed by atoms with Gasteiger partial charge in [-0.25, -0.2) is 0 Å². The Morgan fingerprint density at radius 2 is 1.80 bits per heavy atom. The Morgan fingerprint density at radius 1 is 1.33 bits per heavy atom. The van der Waals surface area contributed by atoms with Crippen LogP contribution in [-0.4, -0.2) is 28.0 Å². The van der Waals surface area contributed by atoms with E-state index in [-0.39, 0.29) is 6.61 Å². The van der Waals surface area contributed by atoms with E-state index in [2.05, 4.69) is 4.74 Å². The normalized spacial score (nSPS) is 13.2. The molecular formula is C9H17O5P. The number of hydrogen-bond acceptors (Lipinski definition) is 3. The minimum Gasteiger partial charge on any atom is -0.465 e. The van der Waals surface area contributed by atoms with Crippen molar-refractivity contribution in [2.45, 2.75) is 33.4 Å². The monoisotopic (exact) mass is 236 g/mol. The van der Waals surface area contributed by atoms with Crippen LogP contribution in [0.1, 0.15) is 27.7 Å². The number of carbonyl (C=O) groups excluding carboxylic acids is 1. The van der Waals surface area contributed by atoms with E-state index in [1.165, 1.54) is 6.92 Å². The summed E-state index contributed by atoms with van der Waals surface area (Å²) in [5.41, 5.74) is -0.402. The molecule has 0 aromatic heterocycles. The van der Waals surface area contributed by atoms with Gasteiger partial charge in [-0.2, -0.15) is 0 Å². The van der Waals surface area contributed by atoms with E-state index in [1.807, 2.05) is 0 Å². The maximum atomic E-state index is 11.4. The molecule has 0 aliphatic heterocycles. The first-order valence-corrected chi connectivity index (χ1v) is 6.25. The van der Waals surface area contributed by atoms with Crippen molar-refractivity contribution in [2.24, 2.45) is 0 Å². The predicted octanol–water partition coefficient (Wildman–Crippen LogP) is 1.45. The maximum absolute atomic E-state index is 11.4. The minimum absolute atomic E-state index is 0.103. The highest BCUT2D eigenvalue weighted by molar-refractivity contribution is 7.54. The molecule has 5 nitrogen and oxygen atoms in total. The summed E-state index contributed by atoms with van der Waals surface area (Å²) >= 11 is 0.